The first-order valence-electron chi connectivity index (χ1n) is 21.7. The highest BCUT2D eigenvalue weighted by Gasteiger charge is 2.59. The molecule has 7 aliphatic carbocycles. The topological polar surface area (TPSA) is 96.3 Å². The summed E-state index contributed by atoms with van der Waals surface area (Å²) in [5.41, 5.74) is 3.58. The molecule has 7 nitrogen and oxygen atoms in total. The van der Waals surface area contributed by atoms with E-state index in [9.17, 15) is 19.8 Å². The molecule has 3 aromatic rings. The molecular weight excluding hydrogens is 711 g/mol. The minimum atomic E-state index is -1.19. The van der Waals surface area contributed by atoms with Gasteiger partial charge in [-0.2, -0.15) is 0 Å². The lowest BCUT2D eigenvalue weighted by atomic mass is 9.49. The zero-order valence-electron chi connectivity index (χ0n) is 34.6. The molecule has 10 rings (SSSR count). The molecule has 6 bridgehead atoms. The number of aliphatic hydroxyl groups excluding tert-OH is 1. The Balaban J connectivity index is 1.18. The van der Waals surface area contributed by atoms with Crippen LogP contribution >= 0.6 is 0 Å². The molecule has 5 fully saturated rings. The fraction of sp³-hybridized carbons (Fsp3) is 0.560. The molecule has 0 aliphatic heterocycles. The lowest BCUT2D eigenvalue weighted by Crippen LogP contribution is -2.58. The molecule has 0 heterocycles. The first kappa shape index (κ1) is 39.9. The third-order valence-electron chi connectivity index (χ3n) is 15.3. The van der Waals surface area contributed by atoms with Crippen LogP contribution in [0.5, 0.6) is 11.5 Å². The van der Waals surface area contributed by atoms with Gasteiger partial charge in [-0.15, -0.1) is 0 Å². The predicted molar refractivity (Wildman–Crippen MR) is 224 cm³/mol. The molecule has 304 valence electrons. The molecule has 2 N–H and O–H groups in total. The molecule has 57 heavy (non-hydrogen) atoms. The fourth-order valence-corrected chi connectivity index (χ4v) is 12.7. The van der Waals surface area contributed by atoms with Gasteiger partial charge in [-0.1, -0.05) is 67.1 Å². The molecule has 0 unspecified atom stereocenters. The van der Waals surface area contributed by atoms with Gasteiger partial charge >= 0.3 is 0 Å². The molecule has 0 radical (unpaired) electrons. The summed E-state index contributed by atoms with van der Waals surface area (Å²) in [7, 11) is 3.24. The van der Waals surface area contributed by atoms with E-state index in [1.165, 1.54) is 44.1 Å². The minimum Gasteiger partial charge on any atom is -0.493 e. The summed E-state index contributed by atoms with van der Waals surface area (Å²) in [5.74, 6) is 3.37. The van der Waals surface area contributed by atoms with Crippen LogP contribution < -0.4 is 9.47 Å². The molecule has 5 saturated carbocycles. The lowest BCUT2D eigenvalue weighted by Gasteiger charge is -2.58. The van der Waals surface area contributed by atoms with Gasteiger partial charge in [-0.3, -0.25) is 9.59 Å². The summed E-state index contributed by atoms with van der Waals surface area (Å²) in [4.78, 5) is 31.4. The van der Waals surface area contributed by atoms with Crippen molar-refractivity contribution in [3.63, 3.8) is 0 Å². The number of hydrogen-bond donors (Lipinski definition) is 2. The summed E-state index contributed by atoms with van der Waals surface area (Å²) in [6.07, 6.45) is 14.2. The monoisotopic (exact) mass is 773 g/mol. The van der Waals surface area contributed by atoms with E-state index in [0.717, 1.165) is 47.3 Å². The van der Waals surface area contributed by atoms with Crippen LogP contribution in [-0.2, 0) is 17.6 Å². The number of carbonyl (C=O) groups is 2. The number of rotatable bonds is 10. The van der Waals surface area contributed by atoms with Crippen molar-refractivity contribution in [2.45, 2.75) is 121 Å². The maximum absolute atomic E-state index is 14.9. The normalized spacial score (nSPS) is 32.0. The number of methoxy groups -OCH3 is 2. The van der Waals surface area contributed by atoms with Crippen LogP contribution in [0.25, 0.3) is 0 Å². The number of fused-ring (bicyclic) bond motifs is 8. The minimum absolute atomic E-state index is 0.0314. The fourth-order valence-electron chi connectivity index (χ4n) is 12.7. The number of ether oxygens (including phenoxy) is 2. The zero-order valence-corrected chi connectivity index (χ0v) is 34.6. The van der Waals surface area contributed by atoms with E-state index in [2.05, 4.69) is 37.0 Å². The van der Waals surface area contributed by atoms with Crippen molar-refractivity contribution in [3.05, 3.63) is 106 Å². The Labute approximate surface area is 339 Å². The molecular formula is C50H63NO6. The van der Waals surface area contributed by atoms with Crippen molar-refractivity contribution >= 4 is 11.7 Å². The highest BCUT2D eigenvalue weighted by molar-refractivity contribution is 6.10. The number of hydrogen-bond acceptors (Lipinski definition) is 6. The summed E-state index contributed by atoms with van der Waals surface area (Å²) in [5, 5.41) is 24.5. The van der Waals surface area contributed by atoms with Gasteiger partial charge in [-0.05, 0) is 154 Å². The van der Waals surface area contributed by atoms with Crippen LogP contribution in [0.3, 0.4) is 0 Å². The van der Waals surface area contributed by atoms with Crippen molar-refractivity contribution in [1.82, 2.24) is 4.90 Å². The first-order chi connectivity index (χ1) is 27.4. The molecule has 7 heteroatoms. The van der Waals surface area contributed by atoms with Gasteiger partial charge in [-0.25, -0.2) is 0 Å². The van der Waals surface area contributed by atoms with E-state index in [1.807, 2.05) is 54.6 Å². The van der Waals surface area contributed by atoms with Crippen molar-refractivity contribution in [1.29, 1.82) is 0 Å². The summed E-state index contributed by atoms with van der Waals surface area (Å²) < 4.78 is 11.1. The van der Waals surface area contributed by atoms with Crippen molar-refractivity contribution in [2.75, 3.05) is 27.3 Å². The van der Waals surface area contributed by atoms with Gasteiger partial charge in [0, 0.05) is 29.6 Å². The lowest BCUT2D eigenvalue weighted by molar-refractivity contribution is -0.148. The van der Waals surface area contributed by atoms with Crippen LogP contribution in [0.4, 0.5) is 0 Å². The van der Waals surface area contributed by atoms with Crippen molar-refractivity contribution < 1.29 is 29.3 Å². The van der Waals surface area contributed by atoms with Gasteiger partial charge in [0.05, 0.1) is 32.3 Å². The molecule has 7 aliphatic rings. The van der Waals surface area contributed by atoms with Crippen LogP contribution in [0.1, 0.15) is 129 Å². The Hall–Kier alpha value is -3.94. The number of benzene rings is 3. The van der Waals surface area contributed by atoms with Crippen molar-refractivity contribution in [2.24, 2.45) is 28.6 Å². The van der Waals surface area contributed by atoms with Gasteiger partial charge in [0.15, 0.2) is 17.3 Å². The van der Waals surface area contributed by atoms with E-state index in [1.54, 1.807) is 14.2 Å². The molecule has 4 atom stereocenters. The third-order valence-corrected chi connectivity index (χ3v) is 15.3. The number of nitrogens with zero attached hydrogens (tertiary/aromatic N) is 1. The second kappa shape index (κ2) is 16.0. The van der Waals surface area contributed by atoms with Gasteiger partial charge in [0.25, 0.3) is 0 Å². The van der Waals surface area contributed by atoms with Crippen LogP contribution in [-0.4, -0.2) is 65.8 Å². The predicted octanol–water partition coefficient (Wildman–Crippen LogP) is 9.26. The number of allylic oxidation sites excluding steroid dienone is 2. The van der Waals surface area contributed by atoms with Gasteiger partial charge < -0.3 is 24.6 Å². The Bertz CT molecular complexity index is 1950. The van der Waals surface area contributed by atoms with Gasteiger partial charge in [0.2, 0.25) is 5.91 Å². The second-order valence-corrected chi connectivity index (χ2v) is 19.2. The summed E-state index contributed by atoms with van der Waals surface area (Å²) in [6.45, 7) is 5.32. The van der Waals surface area contributed by atoms with E-state index < -0.39 is 17.1 Å². The summed E-state index contributed by atoms with van der Waals surface area (Å²) in [6, 6.07) is 21.4. The number of carbonyl (C=O) groups excluding carboxylic acids is 2. The van der Waals surface area contributed by atoms with Crippen LogP contribution in [0.15, 0.2) is 78.4 Å². The quantitative estimate of drug-likeness (QED) is 0.158. The highest BCUT2D eigenvalue weighted by Crippen LogP contribution is 2.62. The zero-order chi connectivity index (χ0) is 40.0. The molecule has 1 amide bonds. The summed E-state index contributed by atoms with van der Waals surface area (Å²) >= 11 is 0. The number of ketones is 1. The van der Waals surface area contributed by atoms with Gasteiger partial charge in [0.1, 0.15) is 0 Å². The third kappa shape index (κ3) is 7.96. The SMILES string of the molecule is COc1ccc(CC(=O)N(CC23CC4CC(CC(C4)C2)C3)C[C@]2(O)CC[C@H]3c4ccc(cc4C(=O)c4ccccc4)C[C@@H](O)CCC(C)=CCC[C@@]32C)cc1OC. The Morgan fingerprint density at radius 1 is 0.842 bits per heavy atom. The standard InChI is InChI=1S/C50H63NO6/c1-33-9-8-19-48(2)43(41-16-13-34(24-40(52)15-12-33)25-42(41)47(54)39-10-6-5-7-11-39)18-20-50(48,55)32-51(31-49-28-36-21-37(29-49)23-38(22-36)30-49)46(53)27-35-14-17-44(56-3)45(26-35)57-4/h5-7,9-11,13-14,16-17,25-26,36-38,40,43,52,55H,8,12,15,18-24,27-32H2,1-4H3/t36?,37?,38?,40-,43-,48-,49?,50+/m0/s1. The Morgan fingerprint density at radius 2 is 1.54 bits per heavy atom. The van der Waals surface area contributed by atoms with E-state index in [0.29, 0.717) is 61.3 Å². The Morgan fingerprint density at radius 3 is 2.23 bits per heavy atom. The smallest absolute Gasteiger partial charge is 0.227 e. The molecule has 0 spiro atoms. The van der Waals surface area contributed by atoms with E-state index in [-0.39, 0.29) is 36.0 Å². The van der Waals surface area contributed by atoms with E-state index >= 15 is 0 Å². The molecule has 0 aromatic heterocycles. The van der Waals surface area contributed by atoms with Crippen LogP contribution in [0.2, 0.25) is 0 Å². The highest BCUT2D eigenvalue weighted by atomic mass is 16.5. The Kier molecular flexibility index (Phi) is 11.2. The molecule has 3 aromatic carbocycles. The average Bonchev–Trinajstić information content (AvgIpc) is 3.44. The maximum atomic E-state index is 14.9. The number of aliphatic hydroxyl groups is 2. The average molecular weight is 774 g/mol. The first-order valence-corrected chi connectivity index (χ1v) is 21.7. The van der Waals surface area contributed by atoms with Crippen molar-refractivity contribution in [3.8, 4) is 11.5 Å². The molecule has 0 saturated heterocycles. The van der Waals surface area contributed by atoms with E-state index in [4.69, 9.17) is 9.47 Å². The maximum Gasteiger partial charge on any atom is 0.227 e. The number of amides is 1. The van der Waals surface area contributed by atoms with Crippen LogP contribution in [0, 0.1) is 28.6 Å². The largest absolute Gasteiger partial charge is 0.493 e. The second-order valence-electron chi connectivity index (χ2n) is 19.2.